The maximum Gasteiger partial charge on any atom is 0.371 e. The zero-order chi connectivity index (χ0) is 26.2. The molecule has 0 saturated carbocycles. The molecule has 13 nitrogen and oxygen atoms in total. The molecular weight excluding hydrogens is 539 g/mol. The third-order valence-corrected chi connectivity index (χ3v) is 8.65. The van der Waals surface area contributed by atoms with Crippen LogP contribution in [0.2, 0.25) is 0 Å². The van der Waals surface area contributed by atoms with Crippen molar-refractivity contribution in [1.29, 1.82) is 0 Å². The topological polar surface area (TPSA) is 220 Å². The van der Waals surface area contributed by atoms with E-state index in [2.05, 4.69) is 0 Å². The summed E-state index contributed by atoms with van der Waals surface area (Å²) in [7, 11) is -11.5. The molecular formula is C17H27Cl2N3O10P2. The summed E-state index contributed by atoms with van der Waals surface area (Å²) in [5, 5.41) is 7.57. The van der Waals surface area contributed by atoms with Crippen LogP contribution < -0.4 is 16.0 Å². The summed E-state index contributed by atoms with van der Waals surface area (Å²) < 4.78 is 27.2. The Morgan fingerprint density at radius 2 is 1.56 bits per heavy atom. The summed E-state index contributed by atoms with van der Waals surface area (Å²) in [6, 6.07) is 5.96. The van der Waals surface area contributed by atoms with Crippen molar-refractivity contribution in [2.45, 2.75) is 17.5 Å². The van der Waals surface area contributed by atoms with Gasteiger partial charge in [-0.15, -0.1) is 23.2 Å². The molecule has 0 heterocycles. The SMILES string of the molecule is N[C@@H](Cc1ccc(N(CCCl)CCCl)cc1)C(=O)OCC(=O)NCC(O)(P(=O)(O)O)P(=O)(O)O. The molecule has 0 radical (unpaired) electrons. The minimum Gasteiger partial charge on any atom is -0.454 e. The van der Waals surface area contributed by atoms with Crippen molar-refractivity contribution in [3.63, 3.8) is 0 Å². The van der Waals surface area contributed by atoms with Crippen molar-refractivity contribution in [3.8, 4) is 0 Å². The number of carbonyl (C=O) groups is 2. The Bertz CT molecular complexity index is 897. The fraction of sp³-hybridized carbons (Fsp3) is 0.529. The molecule has 1 amide bonds. The summed E-state index contributed by atoms with van der Waals surface area (Å²) in [5.41, 5.74) is 7.36. The number of carbonyl (C=O) groups excluding carboxylic acids is 2. The number of nitrogens with zero attached hydrogens (tertiary/aromatic N) is 1. The number of ether oxygens (including phenoxy) is 1. The number of nitrogens with two attached hydrogens (primary N) is 1. The Kier molecular flexibility index (Phi) is 11.9. The van der Waals surface area contributed by atoms with Gasteiger partial charge in [0.25, 0.3) is 11.0 Å². The first-order chi connectivity index (χ1) is 15.7. The first-order valence-electron chi connectivity index (χ1n) is 9.64. The summed E-state index contributed by atoms with van der Waals surface area (Å²) in [5.74, 6) is -1.31. The van der Waals surface area contributed by atoms with Crippen LogP contribution in [0.25, 0.3) is 0 Å². The van der Waals surface area contributed by atoms with Gasteiger partial charge in [-0.05, 0) is 24.1 Å². The van der Waals surface area contributed by atoms with Gasteiger partial charge in [0.2, 0.25) is 0 Å². The Labute approximate surface area is 205 Å². The number of halogens is 2. The zero-order valence-electron chi connectivity index (χ0n) is 17.8. The van der Waals surface area contributed by atoms with Gasteiger partial charge in [-0.2, -0.15) is 0 Å². The lowest BCUT2D eigenvalue weighted by Gasteiger charge is -2.29. The van der Waals surface area contributed by atoms with Crippen LogP contribution in [-0.2, 0) is 29.9 Å². The lowest BCUT2D eigenvalue weighted by atomic mass is 10.1. The minimum absolute atomic E-state index is 0.0713. The van der Waals surface area contributed by atoms with E-state index in [0.717, 1.165) is 5.69 Å². The van der Waals surface area contributed by atoms with Gasteiger partial charge in [-0.1, -0.05) is 12.1 Å². The van der Waals surface area contributed by atoms with E-state index in [1.54, 1.807) is 17.4 Å². The molecule has 1 atom stereocenters. The van der Waals surface area contributed by atoms with E-state index >= 15 is 0 Å². The monoisotopic (exact) mass is 565 g/mol. The van der Waals surface area contributed by atoms with Gasteiger partial charge in [0.15, 0.2) is 6.61 Å². The molecule has 0 saturated heterocycles. The van der Waals surface area contributed by atoms with Crippen LogP contribution in [0.5, 0.6) is 0 Å². The lowest BCUT2D eigenvalue weighted by Crippen LogP contribution is -2.44. The predicted molar refractivity (Wildman–Crippen MR) is 125 cm³/mol. The molecule has 1 rings (SSSR count). The van der Waals surface area contributed by atoms with Crippen LogP contribution in [0.3, 0.4) is 0 Å². The largest absolute Gasteiger partial charge is 0.454 e. The molecule has 1 aromatic rings. The fourth-order valence-electron chi connectivity index (χ4n) is 2.64. The van der Waals surface area contributed by atoms with Gasteiger partial charge in [-0.25, -0.2) is 0 Å². The minimum atomic E-state index is -5.74. The smallest absolute Gasteiger partial charge is 0.371 e. The summed E-state index contributed by atoms with van der Waals surface area (Å²) in [6.07, 6.45) is 0.0713. The number of hydrogen-bond donors (Lipinski definition) is 7. The molecule has 17 heteroatoms. The van der Waals surface area contributed by atoms with E-state index in [1.165, 1.54) is 0 Å². The normalized spacial score (nSPS) is 13.3. The maximum atomic E-state index is 12.1. The number of anilines is 1. The first-order valence-corrected chi connectivity index (χ1v) is 13.9. The zero-order valence-corrected chi connectivity index (χ0v) is 21.1. The fourth-order valence-corrected chi connectivity index (χ4v) is 4.98. The van der Waals surface area contributed by atoms with Crippen molar-refractivity contribution < 1.29 is 48.1 Å². The Morgan fingerprint density at radius 1 is 1.06 bits per heavy atom. The molecule has 0 unspecified atom stereocenters. The van der Waals surface area contributed by atoms with E-state index < -0.39 is 51.3 Å². The molecule has 34 heavy (non-hydrogen) atoms. The number of esters is 1. The quantitative estimate of drug-likeness (QED) is 0.0861. The molecule has 0 bridgehead atoms. The number of amides is 1. The number of benzene rings is 1. The molecule has 0 aliphatic rings. The number of aliphatic hydroxyl groups is 1. The van der Waals surface area contributed by atoms with Crippen LogP contribution in [0.15, 0.2) is 24.3 Å². The second kappa shape index (κ2) is 13.2. The molecule has 0 aromatic heterocycles. The van der Waals surface area contributed by atoms with Crippen LogP contribution in [0.4, 0.5) is 5.69 Å². The van der Waals surface area contributed by atoms with Crippen LogP contribution in [0.1, 0.15) is 5.56 Å². The van der Waals surface area contributed by atoms with Crippen molar-refractivity contribution >= 4 is 56.0 Å². The highest BCUT2D eigenvalue weighted by molar-refractivity contribution is 7.72. The molecule has 0 fully saturated rings. The summed E-state index contributed by atoms with van der Waals surface area (Å²) in [6.45, 7) is -1.25. The third kappa shape index (κ3) is 8.76. The van der Waals surface area contributed by atoms with Crippen molar-refractivity contribution in [2.75, 3.05) is 42.9 Å². The molecule has 1 aromatic carbocycles. The number of nitrogens with one attached hydrogen (secondary N) is 1. The van der Waals surface area contributed by atoms with Crippen molar-refractivity contribution in [1.82, 2.24) is 5.32 Å². The average molecular weight is 566 g/mol. The number of alkyl halides is 2. The molecule has 0 aliphatic carbocycles. The number of hydrogen-bond acceptors (Lipinski definition) is 8. The van der Waals surface area contributed by atoms with Gasteiger partial charge >= 0.3 is 21.2 Å². The highest BCUT2D eigenvalue weighted by Crippen LogP contribution is 2.66. The van der Waals surface area contributed by atoms with E-state index in [0.29, 0.717) is 30.4 Å². The van der Waals surface area contributed by atoms with Gasteiger partial charge < -0.3 is 45.4 Å². The van der Waals surface area contributed by atoms with Crippen molar-refractivity contribution in [3.05, 3.63) is 29.8 Å². The van der Waals surface area contributed by atoms with E-state index in [4.69, 9.17) is 53.2 Å². The van der Waals surface area contributed by atoms with Gasteiger partial charge in [-0.3, -0.25) is 18.7 Å². The standard InChI is InChI=1S/C17H27Cl2N3O10P2/c18-5-7-22(8-6-19)13-3-1-12(2-4-13)9-14(20)16(24)32-10-15(23)21-11-17(25,33(26,27)28)34(29,30)31/h1-4,14,25H,5-11,20H2,(H,21,23)(H2,26,27,28)(H2,29,30,31)/t14-/m0/s1. The van der Waals surface area contributed by atoms with Gasteiger partial charge in [0.1, 0.15) is 6.04 Å². The van der Waals surface area contributed by atoms with Crippen LogP contribution >= 0.6 is 38.4 Å². The van der Waals surface area contributed by atoms with Crippen LogP contribution in [-0.4, -0.2) is 85.7 Å². The number of rotatable bonds is 14. The lowest BCUT2D eigenvalue weighted by molar-refractivity contribution is -0.149. The first kappa shape index (κ1) is 30.8. The summed E-state index contributed by atoms with van der Waals surface area (Å²) >= 11 is 11.6. The van der Waals surface area contributed by atoms with Gasteiger partial charge in [0.05, 0.1) is 6.54 Å². The van der Waals surface area contributed by atoms with Crippen LogP contribution in [0, 0.1) is 0 Å². The highest BCUT2D eigenvalue weighted by Gasteiger charge is 2.59. The molecule has 0 aliphatic heterocycles. The van der Waals surface area contributed by atoms with E-state index in [1.807, 2.05) is 17.0 Å². The Morgan fingerprint density at radius 3 is 2.00 bits per heavy atom. The second-order valence-corrected chi connectivity index (χ2v) is 11.9. The van der Waals surface area contributed by atoms with Crippen molar-refractivity contribution in [2.24, 2.45) is 5.73 Å². The average Bonchev–Trinajstić information content (AvgIpc) is 2.74. The van der Waals surface area contributed by atoms with E-state index in [-0.39, 0.29) is 6.42 Å². The predicted octanol–water partition coefficient (Wildman–Crippen LogP) is -0.499. The molecule has 194 valence electrons. The Balaban J connectivity index is 2.62. The molecule has 0 spiro atoms. The third-order valence-electron chi connectivity index (χ3n) is 4.57. The maximum absolute atomic E-state index is 12.1. The highest BCUT2D eigenvalue weighted by atomic mass is 35.5. The second-order valence-electron chi connectivity index (χ2n) is 7.09. The van der Waals surface area contributed by atoms with E-state index in [9.17, 15) is 23.8 Å². The summed E-state index contributed by atoms with van der Waals surface area (Å²) in [4.78, 5) is 61.9. The molecule has 8 N–H and O–H groups in total. The van der Waals surface area contributed by atoms with Gasteiger partial charge in [0, 0.05) is 30.5 Å². The Hall–Kier alpha value is -1.24.